The van der Waals surface area contributed by atoms with E-state index < -0.39 is 11.6 Å². The quantitative estimate of drug-likeness (QED) is 0.806. The van der Waals surface area contributed by atoms with Crippen LogP contribution in [0.5, 0.6) is 0 Å². The summed E-state index contributed by atoms with van der Waals surface area (Å²) in [4.78, 5) is 2.00. The Morgan fingerprint density at radius 1 is 1.32 bits per heavy atom. The molecule has 2 saturated heterocycles. The lowest BCUT2D eigenvalue weighted by Crippen LogP contribution is -2.49. The van der Waals surface area contributed by atoms with Gasteiger partial charge in [0, 0.05) is 19.0 Å². The minimum atomic E-state index is -0.555. The molecule has 3 rings (SSSR count). The van der Waals surface area contributed by atoms with E-state index in [2.05, 4.69) is 0 Å². The van der Waals surface area contributed by atoms with Crippen molar-refractivity contribution in [3.63, 3.8) is 0 Å². The Kier molecular flexibility index (Phi) is 3.28. The summed E-state index contributed by atoms with van der Waals surface area (Å²) in [6.45, 7) is 2.59. The molecule has 0 radical (unpaired) electrons. The van der Waals surface area contributed by atoms with E-state index in [0.717, 1.165) is 19.4 Å². The van der Waals surface area contributed by atoms with Gasteiger partial charge in [0.05, 0.1) is 36.2 Å². The van der Waals surface area contributed by atoms with Crippen LogP contribution in [-0.4, -0.2) is 32.1 Å². The Labute approximate surface area is 116 Å². The fourth-order valence-electron chi connectivity index (χ4n) is 2.75. The first-order chi connectivity index (χ1) is 9.10. The summed E-state index contributed by atoms with van der Waals surface area (Å²) in [5.41, 5.74) is 7.06. The lowest BCUT2D eigenvalue weighted by atomic mass is 10.0. The number of halogens is 2. The Morgan fingerprint density at radius 2 is 2.05 bits per heavy atom. The van der Waals surface area contributed by atoms with Crippen LogP contribution >= 0.6 is 11.6 Å². The molecule has 2 heterocycles. The van der Waals surface area contributed by atoms with Crippen LogP contribution < -0.4 is 10.6 Å². The average Bonchev–Trinajstić information content (AvgIpc) is 2.82. The molecule has 6 heteroatoms. The van der Waals surface area contributed by atoms with E-state index in [1.54, 1.807) is 0 Å². The number of nitrogens with two attached hydrogens (primary N) is 1. The number of piperidine rings is 1. The molecule has 2 fully saturated rings. The molecular weight excluding hydrogens is 271 g/mol. The lowest BCUT2D eigenvalue weighted by molar-refractivity contribution is -0.161. The standard InChI is InChI=1S/C13H16ClFN2O2/c14-9-6-11(16)12(7-10(9)15)17-3-1-2-13(8-17)18-4-5-19-13/h6-7H,1-5,8,16H2. The minimum absolute atomic E-state index is 0.0429. The predicted molar refractivity (Wildman–Crippen MR) is 71.9 cm³/mol. The van der Waals surface area contributed by atoms with Crippen LogP contribution in [0.1, 0.15) is 12.8 Å². The summed E-state index contributed by atoms with van der Waals surface area (Å²) < 4.78 is 25.0. The van der Waals surface area contributed by atoms with Crippen molar-refractivity contribution in [2.24, 2.45) is 0 Å². The van der Waals surface area contributed by atoms with Gasteiger partial charge in [0.1, 0.15) is 5.82 Å². The van der Waals surface area contributed by atoms with Gasteiger partial charge >= 0.3 is 0 Å². The summed E-state index contributed by atoms with van der Waals surface area (Å²) >= 11 is 5.72. The summed E-state index contributed by atoms with van der Waals surface area (Å²) in [7, 11) is 0. The molecule has 1 aromatic carbocycles. The fraction of sp³-hybridized carbons (Fsp3) is 0.538. The van der Waals surface area contributed by atoms with Crippen molar-refractivity contribution in [3.8, 4) is 0 Å². The third-order valence-corrected chi connectivity index (χ3v) is 3.93. The van der Waals surface area contributed by atoms with E-state index in [1.807, 2.05) is 4.90 Å². The number of nitrogen functional groups attached to an aromatic ring is 1. The first-order valence-electron chi connectivity index (χ1n) is 6.37. The maximum Gasteiger partial charge on any atom is 0.186 e. The highest BCUT2D eigenvalue weighted by atomic mass is 35.5. The van der Waals surface area contributed by atoms with E-state index >= 15 is 0 Å². The largest absolute Gasteiger partial charge is 0.397 e. The van der Waals surface area contributed by atoms with Crippen molar-refractivity contribution in [2.45, 2.75) is 18.6 Å². The summed E-state index contributed by atoms with van der Waals surface area (Å²) in [6, 6.07) is 2.83. The lowest BCUT2D eigenvalue weighted by Gasteiger charge is -2.40. The zero-order chi connectivity index (χ0) is 13.5. The molecule has 0 unspecified atom stereocenters. The minimum Gasteiger partial charge on any atom is -0.397 e. The van der Waals surface area contributed by atoms with Crippen LogP contribution in [0.4, 0.5) is 15.8 Å². The van der Waals surface area contributed by atoms with Crippen LogP contribution in [0.15, 0.2) is 12.1 Å². The van der Waals surface area contributed by atoms with Crippen molar-refractivity contribution in [2.75, 3.05) is 36.9 Å². The summed E-state index contributed by atoms with van der Waals surface area (Å²) in [6.07, 6.45) is 1.78. The van der Waals surface area contributed by atoms with Crippen LogP contribution in [0.25, 0.3) is 0 Å². The van der Waals surface area contributed by atoms with Gasteiger partial charge in [0.25, 0.3) is 0 Å². The number of rotatable bonds is 1. The van der Waals surface area contributed by atoms with Gasteiger partial charge < -0.3 is 20.1 Å². The summed E-state index contributed by atoms with van der Waals surface area (Å²) in [5.74, 6) is -1.01. The second-order valence-corrected chi connectivity index (χ2v) is 5.37. The topological polar surface area (TPSA) is 47.7 Å². The van der Waals surface area contributed by atoms with Crippen LogP contribution in [-0.2, 0) is 9.47 Å². The third-order valence-electron chi connectivity index (χ3n) is 3.64. The van der Waals surface area contributed by atoms with Crippen molar-refractivity contribution in [1.29, 1.82) is 0 Å². The molecule has 1 aromatic rings. The van der Waals surface area contributed by atoms with E-state index in [1.165, 1.54) is 12.1 Å². The SMILES string of the molecule is Nc1cc(Cl)c(F)cc1N1CCCC2(C1)OCCO2. The van der Waals surface area contributed by atoms with Gasteiger partial charge in [0.15, 0.2) is 5.79 Å². The number of benzene rings is 1. The predicted octanol–water partition coefficient (Wildman–Crippen LogP) is 2.40. The molecule has 2 N–H and O–H groups in total. The van der Waals surface area contributed by atoms with Gasteiger partial charge in [-0.25, -0.2) is 4.39 Å². The van der Waals surface area contributed by atoms with Crippen LogP contribution in [0, 0.1) is 5.82 Å². The molecule has 4 nitrogen and oxygen atoms in total. The van der Waals surface area contributed by atoms with E-state index in [9.17, 15) is 4.39 Å². The zero-order valence-electron chi connectivity index (χ0n) is 10.5. The van der Waals surface area contributed by atoms with Gasteiger partial charge in [-0.3, -0.25) is 0 Å². The van der Waals surface area contributed by atoms with E-state index in [-0.39, 0.29) is 5.02 Å². The van der Waals surface area contributed by atoms with Crippen molar-refractivity contribution >= 4 is 23.0 Å². The molecule has 0 amide bonds. The van der Waals surface area contributed by atoms with Gasteiger partial charge in [-0.15, -0.1) is 0 Å². The maximum absolute atomic E-state index is 13.6. The Bertz CT molecular complexity index is 492. The highest BCUT2D eigenvalue weighted by molar-refractivity contribution is 6.31. The first kappa shape index (κ1) is 13.0. The molecule has 104 valence electrons. The zero-order valence-corrected chi connectivity index (χ0v) is 11.3. The van der Waals surface area contributed by atoms with Crippen molar-refractivity contribution in [3.05, 3.63) is 23.0 Å². The normalized spacial score (nSPS) is 22.1. The molecule has 2 aliphatic heterocycles. The molecule has 0 atom stereocenters. The van der Waals surface area contributed by atoms with Gasteiger partial charge in [-0.05, 0) is 12.5 Å². The monoisotopic (exact) mass is 286 g/mol. The molecular formula is C13H16ClFN2O2. The number of nitrogens with zero attached hydrogens (tertiary/aromatic N) is 1. The summed E-state index contributed by atoms with van der Waals surface area (Å²) in [5, 5.41) is 0.0429. The highest BCUT2D eigenvalue weighted by Gasteiger charge is 2.41. The molecule has 0 bridgehead atoms. The van der Waals surface area contributed by atoms with Gasteiger partial charge in [0.2, 0.25) is 0 Å². The Hall–Kier alpha value is -1.04. The highest BCUT2D eigenvalue weighted by Crippen LogP contribution is 2.36. The average molecular weight is 287 g/mol. The first-order valence-corrected chi connectivity index (χ1v) is 6.75. The van der Waals surface area contributed by atoms with E-state index in [4.69, 9.17) is 26.8 Å². The van der Waals surface area contributed by atoms with Gasteiger partial charge in [-0.2, -0.15) is 0 Å². The Balaban J connectivity index is 1.87. The molecule has 0 aromatic heterocycles. The molecule has 2 aliphatic rings. The van der Waals surface area contributed by atoms with Crippen molar-refractivity contribution in [1.82, 2.24) is 0 Å². The smallest absolute Gasteiger partial charge is 0.186 e. The van der Waals surface area contributed by atoms with Gasteiger partial charge in [-0.1, -0.05) is 11.6 Å². The van der Waals surface area contributed by atoms with Crippen LogP contribution in [0.3, 0.4) is 0 Å². The molecule has 0 saturated carbocycles. The second kappa shape index (κ2) is 4.81. The Morgan fingerprint density at radius 3 is 2.79 bits per heavy atom. The maximum atomic E-state index is 13.6. The molecule has 19 heavy (non-hydrogen) atoms. The van der Waals surface area contributed by atoms with Crippen molar-refractivity contribution < 1.29 is 13.9 Å². The molecule has 0 aliphatic carbocycles. The van der Waals surface area contributed by atoms with Crippen LogP contribution in [0.2, 0.25) is 5.02 Å². The number of hydrogen-bond donors (Lipinski definition) is 1. The number of ether oxygens (including phenoxy) is 2. The molecule has 1 spiro atoms. The third kappa shape index (κ3) is 2.38. The number of anilines is 2. The van der Waals surface area contributed by atoms with E-state index in [0.29, 0.717) is 31.1 Å². The fourth-order valence-corrected chi connectivity index (χ4v) is 2.92. The number of hydrogen-bond acceptors (Lipinski definition) is 4. The second-order valence-electron chi connectivity index (χ2n) is 4.96.